The van der Waals surface area contributed by atoms with Gasteiger partial charge in [0.15, 0.2) is 11.5 Å². The Bertz CT molecular complexity index is 1340. The number of nitrogens with one attached hydrogen (secondary N) is 1. The van der Waals surface area contributed by atoms with E-state index >= 15 is 0 Å². The van der Waals surface area contributed by atoms with Crippen LogP contribution in [-0.2, 0) is 4.74 Å². The summed E-state index contributed by atoms with van der Waals surface area (Å²) < 4.78 is 22.2. The average Bonchev–Trinajstić information content (AvgIpc) is 3.49. The first-order valence-corrected chi connectivity index (χ1v) is 10.8. The lowest BCUT2D eigenvalue weighted by atomic mass is 9.97. The zero-order chi connectivity index (χ0) is 23.5. The first-order chi connectivity index (χ1) is 16.7. The number of ether oxygens (including phenoxy) is 3. The smallest absolute Gasteiger partial charge is 0.344 e. The van der Waals surface area contributed by atoms with Gasteiger partial charge in [-0.2, -0.15) is 0 Å². The number of benzene rings is 3. The van der Waals surface area contributed by atoms with Crippen molar-refractivity contribution in [3.05, 3.63) is 90.0 Å². The summed E-state index contributed by atoms with van der Waals surface area (Å²) in [6, 6.07) is 23.7. The molecule has 3 aromatic carbocycles. The third kappa shape index (κ3) is 3.99. The average molecular weight is 455 g/mol. The second-order valence-electron chi connectivity index (χ2n) is 7.48. The van der Waals surface area contributed by atoms with Crippen LogP contribution in [0.25, 0.3) is 22.5 Å². The van der Waals surface area contributed by atoms with Gasteiger partial charge in [0, 0.05) is 16.7 Å². The predicted octanol–water partition coefficient (Wildman–Crippen LogP) is 5.77. The molecule has 0 atom stereocenters. The molecule has 1 aliphatic rings. The zero-order valence-corrected chi connectivity index (χ0v) is 18.4. The van der Waals surface area contributed by atoms with Crippen LogP contribution < -0.4 is 14.8 Å². The summed E-state index contributed by atoms with van der Waals surface area (Å²) in [6.07, 6.45) is 0. The summed E-state index contributed by atoms with van der Waals surface area (Å²) >= 11 is 0. The van der Waals surface area contributed by atoms with Crippen molar-refractivity contribution in [1.82, 2.24) is 0 Å². The molecule has 0 fully saturated rings. The first-order valence-electron chi connectivity index (χ1n) is 10.8. The van der Waals surface area contributed by atoms with Gasteiger partial charge in [-0.25, -0.2) is 4.79 Å². The molecule has 5 rings (SSSR count). The molecule has 1 aromatic heterocycles. The molecule has 0 saturated heterocycles. The number of rotatable bonds is 6. The highest BCUT2D eigenvalue weighted by molar-refractivity contribution is 6.11. The molecule has 0 spiro atoms. The van der Waals surface area contributed by atoms with Gasteiger partial charge in [-0.1, -0.05) is 60.7 Å². The Balaban J connectivity index is 1.63. The lowest BCUT2D eigenvalue weighted by molar-refractivity contribution is 0.0528. The number of carbonyl (C=O) groups is 2. The quantitative estimate of drug-likeness (QED) is 0.371. The molecular weight excluding hydrogens is 434 g/mol. The number of furan rings is 1. The van der Waals surface area contributed by atoms with Crippen LogP contribution in [-0.4, -0.2) is 25.3 Å². The van der Waals surface area contributed by atoms with E-state index < -0.39 is 11.9 Å². The Morgan fingerprint density at radius 2 is 1.56 bits per heavy atom. The summed E-state index contributed by atoms with van der Waals surface area (Å²) in [5.41, 5.74) is 2.55. The second kappa shape index (κ2) is 9.15. The van der Waals surface area contributed by atoms with Gasteiger partial charge in [-0.15, -0.1) is 0 Å². The van der Waals surface area contributed by atoms with Crippen molar-refractivity contribution in [2.75, 3.05) is 18.7 Å². The normalized spacial score (nSPS) is 11.8. The Morgan fingerprint density at radius 3 is 2.26 bits per heavy atom. The van der Waals surface area contributed by atoms with Crippen molar-refractivity contribution < 1.29 is 28.2 Å². The third-order valence-corrected chi connectivity index (χ3v) is 5.35. The van der Waals surface area contributed by atoms with E-state index in [0.717, 1.165) is 11.1 Å². The van der Waals surface area contributed by atoms with Gasteiger partial charge in [0.1, 0.15) is 11.3 Å². The molecule has 1 aliphatic heterocycles. The largest absolute Gasteiger partial charge is 0.462 e. The molecule has 7 heteroatoms. The monoisotopic (exact) mass is 455 g/mol. The molecular formula is C27H21NO6. The fourth-order valence-corrected chi connectivity index (χ4v) is 3.80. The summed E-state index contributed by atoms with van der Waals surface area (Å²) in [4.78, 5) is 26.2. The van der Waals surface area contributed by atoms with Crippen LogP contribution in [0.15, 0.2) is 83.3 Å². The second-order valence-corrected chi connectivity index (χ2v) is 7.48. The number of esters is 1. The van der Waals surface area contributed by atoms with Crippen LogP contribution in [0.5, 0.6) is 11.5 Å². The number of amides is 1. The van der Waals surface area contributed by atoms with Crippen LogP contribution in [0.3, 0.4) is 0 Å². The molecule has 0 unspecified atom stereocenters. The van der Waals surface area contributed by atoms with E-state index in [0.29, 0.717) is 28.4 Å². The molecule has 7 nitrogen and oxygen atoms in total. The SMILES string of the molecule is CCOC(=O)c1c(NC(=O)c2ccc3c(c2)OCO3)oc(-c2ccccc2)c1-c1ccccc1. The molecule has 0 radical (unpaired) electrons. The Kier molecular flexibility index (Phi) is 5.74. The molecule has 0 bridgehead atoms. The van der Waals surface area contributed by atoms with Gasteiger partial charge in [-0.05, 0) is 30.7 Å². The van der Waals surface area contributed by atoms with Crippen LogP contribution in [0.2, 0.25) is 0 Å². The summed E-state index contributed by atoms with van der Waals surface area (Å²) in [7, 11) is 0. The van der Waals surface area contributed by atoms with E-state index in [2.05, 4.69) is 5.32 Å². The Hall–Kier alpha value is -4.52. The van der Waals surface area contributed by atoms with E-state index in [9.17, 15) is 9.59 Å². The Labute approximate surface area is 195 Å². The van der Waals surface area contributed by atoms with Gasteiger partial charge in [0.05, 0.1) is 6.61 Å². The minimum Gasteiger partial charge on any atom is -0.462 e. The topological polar surface area (TPSA) is 87.0 Å². The van der Waals surface area contributed by atoms with Crippen molar-refractivity contribution in [1.29, 1.82) is 0 Å². The number of anilines is 1. The lowest BCUT2D eigenvalue weighted by Gasteiger charge is -2.08. The van der Waals surface area contributed by atoms with E-state index in [4.69, 9.17) is 18.6 Å². The van der Waals surface area contributed by atoms with Crippen LogP contribution in [0.1, 0.15) is 27.6 Å². The summed E-state index contributed by atoms with van der Waals surface area (Å²) in [6.45, 7) is 2.00. The third-order valence-electron chi connectivity index (χ3n) is 5.35. The number of carbonyl (C=O) groups excluding carboxylic acids is 2. The molecule has 34 heavy (non-hydrogen) atoms. The molecule has 1 amide bonds. The molecule has 170 valence electrons. The number of hydrogen-bond donors (Lipinski definition) is 1. The van der Waals surface area contributed by atoms with Crippen molar-refractivity contribution in [3.63, 3.8) is 0 Å². The standard InChI is InChI=1S/C27H21NO6/c1-2-31-27(30)23-22(17-9-5-3-6-10-17)24(18-11-7-4-8-12-18)34-26(23)28-25(29)19-13-14-20-21(15-19)33-16-32-20/h3-15H,2,16H2,1H3,(H,28,29). The fourth-order valence-electron chi connectivity index (χ4n) is 3.80. The van der Waals surface area contributed by atoms with Gasteiger partial charge in [0.25, 0.3) is 5.91 Å². The molecule has 2 heterocycles. The van der Waals surface area contributed by atoms with E-state index in [1.165, 1.54) is 0 Å². The van der Waals surface area contributed by atoms with E-state index in [1.807, 2.05) is 60.7 Å². The minimum atomic E-state index is -0.590. The van der Waals surface area contributed by atoms with Gasteiger partial charge in [-0.3, -0.25) is 10.1 Å². The van der Waals surface area contributed by atoms with Crippen LogP contribution in [0.4, 0.5) is 5.88 Å². The fraction of sp³-hybridized carbons (Fsp3) is 0.111. The predicted molar refractivity (Wildman–Crippen MR) is 126 cm³/mol. The summed E-state index contributed by atoms with van der Waals surface area (Å²) in [5.74, 6) is 0.465. The highest BCUT2D eigenvalue weighted by atomic mass is 16.7. The Morgan fingerprint density at radius 1 is 0.882 bits per heavy atom. The van der Waals surface area contributed by atoms with E-state index in [1.54, 1.807) is 25.1 Å². The van der Waals surface area contributed by atoms with Crippen molar-refractivity contribution in [2.45, 2.75) is 6.92 Å². The maximum absolute atomic E-state index is 13.1. The van der Waals surface area contributed by atoms with Crippen molar-refractivity contribution in [2.24, 2.45) is 0 Å². The van der Waals surface area contributed by atoms with Gasteiger partial charge >= 0.3 is 5.97 Å². The van der Waals surface area contributed by atoms with Crippen molar-refractivity contribution >= 4 is 17.8 Å². The number of fused-ring (bicyclic) bond motifs is 1. The molecule has 1 N–H and O–H groups in total. The van der Waals surface area contributed by atoms with Crippen LogP contribution >= 0.6 is 0 Å². The van der Waals surface area contributed by atoms with Gasteiger partial charge in [0.2, 0.25) is 12.7 Å². The van der Waals surface area contributed by atoms with Crippen molar-refractivity contribution in [3.8, 4) is 33.9 Å². The zero-order valence-electron chi connectivity index (χ0n) is 18.4. The maximum atomic E-state index is 13.1. The molecule has 0 aliphatic carbocycles. The number of hydrogen-bond acceptors (Lipinski definition) is 6. The molecule has 4 aromatic rings. The van der Waals surface area contributed by atoms with E-state index in [-0.39, 0.29) is 24.8 Å². The highest BCUT2D eigenvalue weighted by Gasteiger charge is 2.30. The first kappa shape index (κ1) is 21.3. The molecule has 0 saturated carbocycles. The summed E-state index contributed by atoms with van der Waals surface area (Å²) in [5, 5.41) is 2.75. The lowest BCUT2D eigenvalue weighted by Crippen LogP contribution is -2.15. The van der Waals surface area contributed by atoms with Gasteiger partial charge < -0.3 is 18.6 Å². The highest BCUT2D eigenvalue weighted by Crippen LogP contribution is 2.42. The van der Waals surface area contributed by atoms with Crippen LogP contribution in [0, 0.1) is 0 Å². The minimum absolute atomic E-state index is 0.0128. The maximum Gasteiger partial charge on any atom is 0.344 e.